The van der Waals surface area contributed by atoms with Crippen LogP contribution in [0.2, 0.25) is 0 Å². The van der Waals surface area contributed by atoms with Gasteiger partial charge >= 0.3 is 0 Å². The lowest BCUT2D eigenvalue weighted by molar-refractivity contribution is -0.121. The number of benzene rings is 3. The highest BCUT2D eigenvalue weighted by molar-refractivity contribution is 5.78. The fourth-order valence-corrected chi connectivity index (χ4v) is 3.14. The van der Waals surface area contributed by atoms with E-state index in [4.69, 9.17) is 0 Å². The van der Waals surface area contributed by atoms with Crippen molar-refractivity contribution in [2.75, 3.05) is 6.54 Å². The lowest BCUT2D eigenvalue weighted by Gasteiger charge is -2.21. The van der Waals surface area contributed by atoms with Gasteiger partial charge in [0.05, 0.1) is 18.6 Å². The summed E-state index contributed by atoms with van der Waals surface area (Å²) in [6.45, 7) is 1.72. The van der Waals surface area contributed by atoms with E-state index in [-0.39, 0.29) is 24.1 Å². The van der Waals surface area contributed by atoms with Gasteiger partial charge in [-0.15, -0.1) is 0 Å². The fourth-order valence-electron chi connectivity index (χ4n) is 3.14. The number of halogens is 2. The minimum absolute atomic E-state index is 0.0572. The number of amides is 1. The molecule has 0 spiro atoms. The maximum absolute atomic E-state index is 13.9. The molecule has 0 bridgehead atoms. The fraction of sp³-hybridized carbons (Fsp3) is 0.174. The summed E-state index contributed by atoms with van der Waals surface area (Å²) in [5.41, 5.74) is 2.33. The third-order valence-electron chi connectivity index (χ3n) is 4.54. The maximum Gasteiger partial charge on any atom is 0.234 e. The van der Waals surface area contributed by atoms with Crippen molar-refractivity contribution >= 4 is 5.91 Å². The molecule has 144 valence electrons. The Labute approximate surface area is 163 Å². The second kappa shape index (κ2) is 9.24. The van der Waals surface area contributed by atoms with E-state index in [1.165, 1.54) is 12.1 Å². The minimum atomic E-state index is -0.674. The first-order valence-electron chi connectivity index (χ1n) is 9.12. The number of rotatable bonds is 7. The average Bonchev–Trinajstić information content (AvgIpc) is 2.69. The van der Waals surface area contributed by atoms with E-state index in [0.717, 1.165) is 17.2 Å². The molecular formula is C23H22F2N2O. The second-order valence-corrected chi connectivity index (χ2v) is 6.59. The Hall–Kier alpha value is -3.05. The first-order chi connectivity index (χ1) is 13.5. The largest absolute Gasteiger partial charge is 0.348 e. The van der Waals surface area contributed by atoms with Gasteiger partial charge in [0.15, 0.2) is 0 Å². The van der Waals surface area contributed by atoms with Gasteiger partial charge in [0.2, 0.25) is 5.91 Å². The summed E-state index contributed by atoms with van der Waals surface area (Å²) in [7, 11) is 0. The third kappa shape index (κ3) is 5.02. The van der Waals surface area contributed by atoms with Crippen LogP contribution in [0.5, 0.6) is 0 Å². The second-order valence-electron chi connectivity index (χ2n) is 6.59. The van der Waals surface area contributed by atoms with Gasteiger partial charge in [-0.1, -0.05) is 66.7 Å². The number of carbonyl (C=O) groups excluding carboxylic acids is 1. The van der Waals surface area contributed by atoms with Gasteiger partial charge in [-0.05, 0) is 24.1 Å². The van der Waals surface area contributed by atoms with Crippen molar-refractivity contribution in [3.8, 4) is 0 Å². The molecule has 0 aliphatic rings. The van der Waals surface area contributed by atoms with Crippen LogP contribution in [0.25, 0.3) is 0 Å². The van der Waals surface area contributed by atoms with E-state index < -0.39 is 17.7 Å². The molecule has 0 aromatic heterocycles. The highest BCUT2D eigenvalue weighted by Gasteiger charge is 2.17. The zero-order chi connectivity index (χ0) is 19.9. The highest BCUT2D eigenvalue weighted by Crippen LogP contribution is 2.22. The van der Waals surface area contributed by atoms with Gasteiger partial charge in [0.1, 0.15) is 11.6 Å². The Balaban J connectivity index is 1.67. The minimum Gasteiger partial charge on any atom is -0.348 e. The summed E-state index contributed by atoms with van der Waals surface area (Å²) < 4.78 is 27.0. The van der Waals surface area contributed by atoms with Gasteiger partial charge in [-0.25, -0.2) is 8.78 Å². The smallest absolute Gasteiger partial charge is 0.234 e. The Morgan fingerprint density at radius 2 is 1.46 bits per heavy atom. The van der Waals surface area contributed by atoms with Gasteiger partial charge < -0.3 is 5.32 Å². The molecule has 1 amide bonds. The number of hydrogen-bond donors (Lipinski definition) is 2. The van der Waals surface area contributed by atoms with Crippen LogP contribution in [-0.4, -0.2) is 12.5 Å². The molecule has 0 fully saturated rings. The van der Waals surface area contributed by atoms with Crippen molar-refractivity contribution in [1.82, 2.24) is 10.6 Å². The van der Waals surface area contributed by atoms with Crippen molar-refractivity contribution < 1.29 is 13.6 Å². The molecule has 0 aliphatic carbocycles. The van der Waals surface area contributed by atoms with Gasteiger partial charge in [-0.3, -0.25) is 10.1 Å². The zero-order valence-electron chi connectivity index (χ0n) is 15.5. The normalized spacial score (nSPS) is 12.0. The molecule has 0 saturated carbocycles. The summed E-state index contributed by atoms with van der Waals surface area (Å²) in [4.78, 5) is 12.4. The average molecular weight is 380 g/mol. The molecule has 5 heteroatoms. The molecule has 3 nitrogen and oxygen atoms in total. The topological polar surface area (TPSA) is 41.1 Å². The Kier molecular flexibility index (Phi) is 6.50. The van der Waals surface area contributed by atoms with Crippen molar-refractivity contribution in [3.05, 3.63) is 107 Å². The predicted octanol–water partition coefficient (Wildman–Crippen LogP) is 4.52. The van der Waals surface area contributed by atoms with Crippen LogP contribution in [0, 0.1) is 11.6 Å². The van der Waals surface area contributed by atoms with E-state index >= 15 is 0 Å². The molecule has 3 rings (SSSR count). The van der Waals surface area contributed by atoms with Crippen LogP contribution in [0.15, 0.2) is 78.9 Å². The SMILES string of the molecule is C[C@H](NC(=O)CNC(c1ccccc1)c1ccccc1)c1ccc(F)cc1F. The van der Waals surface area contributed by atoms with Crippen LogP contribution in [-0.2, 0) is 4.79 Å². The summed E-state index contributed by atoms with van der Waals surface area (Å²) in [6, 6.07) is 22.3. The first-order valence-corrected chi connectivity index (χ1v) is 9.12. The van der Waals surface area contributed by atoms with Gasteiger partial charge in [-0.2, -0.15) is 0 Å². The molecule has 1 atom stereocenters. The molecule has 0 radical (unpaired) electrons. The summed E-state index contributed by atoms with van der Waals surface area (Å²) >= 11 is 0. The third-order valence-corrected chi connectivity index (χ3v) is 4.54. The highest BCUT2D eigenvalue weighted by atomic mass is 19.1. The molecular weight excluding hydrogens is 358 g/mol. The molecule has 0 aliphatic heterocycles. The lowest BCUT2D eigenvalue weighted by atomic mass is 9.99. The van der Waals surface area contributed by atoms with E-state index in [9.17, 15) is 13.6 Å². The molecule has 0 saturated heterocycles. The maximum atomic E-state index is 13.9. The monoisotopic (exact) mass is 380 g/mol. The van der Waals surface area contributed by atoms with Crippen LogP contribution in [0.4, 0.5) is 8.78 Å². The zero-order valence-corrected chi connectivity index (χ0v) is 15.5. The lowest BCUT2D eigenvalue weighted by Crippen LogP contribution is -2.37. The molecule has 0 unspecified atom stereocenters. The predicted molar refractivity (Wildman–Crippen MR) is 106 cm³/mol. The Morgan fingerprint density at radius 3 is 2.00 bits per heavy atom. The molecule has 0 heterocycles. The number of carbonyl (C=O) groups is 1. The molecule has 3 aromatic carbocycles. The van der Waals surface area contributed by atoms with Crippen molar-refractivity contribution in [2.45, 2.75) is 19.0 Å². The molecule has 3 aromatic rings. The van der Waals surface area contributed by atoms with Crippen molar-refractivity contribution in [1.29, 1.82) is 0 Å². The molecule has 28 heavy (non-hydrogen) atoms. The van der Waals surface area contributed by atoms with E-state index in [2.05, 4.69) is 10.6 Å². The van der Waals surface area contributed by atoms with E-state index in [1.807, 2.05) is 60.7 Å². The van der Waals surface area contributed by atoms with Gasteiger partial charge in [0.25, 0.3) is 0 Å². The van der Waals surface area contributed by atoms with Crippen LogP contribution < -0.4 is 10.6 Å². The van der Waals surface area contributed by atoms with Crippen molar-refractivity contribution in [2.24, 2.45) is 0 Å². The summed E-state index contributed by atoms with van der Waals surface area (Å²) in [6.07, 6.45) is 0. The standard InChI is InChI=1S/C23H22F2N2O/c1-16(20-13-12-19(24)14-21(20)25)27-22(28)15-26-23(17-8-4-2-5-9-17)18-10-6-3-7-11-18/h2-14,16,23,26H,15H2,1H3,(H,27,28)/t16-/m0/s1. The number of hydrogen-bond acceptors (Lipinski definition) is 2. The van der Waals surface area contributed by atoms with E-state index in [0.29, 0.717) is 0 Å². The number of nitrogens with one attached hydrogen (secondary N) is 2. The summed E-state index contributed by atoms with van der Waals surface area (Å²) in [5, 5.41) is 6.02. The quantitative estimate of drug-likeness (QED) is 0.633. The Morgan fingerprint density at radius 1 is 0.893 bits per heavy atom. The Bertz CT molecular complexity index is 877. The van der Waals surface area contributed by atoms with Gasteiger partial charge in [0, 0.05) is 11.6 Å². The van der Waals surface area contributed by atoms with E-state index in [1.54, 1.807) is 6.92 Å². The first kappa shape index (κ1) is 19.7. The molecule has 2 N–H and O–H groups in total. The van der Waals surface area contributed by atoms with Crippen LogP contribution in [0.1, 0.15) is 35.7 Å². The summed E-state index contributed by atoms with van der Waals surface area (Å²) in [5.74, 6) is -1.59. The van der Waals surface area contributed by atoms with Crippen LogP contribution in [0.3, 0.4) is 0 Å². The van der Waals surface area contributed by atoms with Crippen LogP contribution >= 0.6 is 0 Å². The van der Waals surface area contributed by atoms with Crippen molar-refractivity contribution in [3.63, 3.8) is 0 Å².